The van der Waals surface area contributed by atoms with Crippen molar-refractivity contribution in [1.82, 2.24) is 10.2 Å². The summed E-state index contributed by atoms with van der Waals surface area (Å²) in [7, 11) is 0. The van der Waals surface area contributed by atoms with Crippen molar-refractivity contribution in [2.45, 2.75) is 38.4 Å². The maximum atomic E-state index is 12.2. The summed E-state index contributed by atoms with van der Waals surface area (Å²) in [5.41, 5.74) is 5.65. The van der Waals surface area contributed by atoms with E-state index in [4.69, 9.17) is 5.73 Å². The van der Waals surface area contributed by atoms with Crippen LogP contribution in [0.4, 0.5) is 13.2 Å². The number of hydrogen-bond donors (Lipinski definition) is 2. The number of likely N-dealkylation sites (tertiary alicyclic amines) is 1. The molecule has 1 saturated heterocycles. The summed E-state index contributed by atoms with van der Waals surface area (Å²) in [4.78, 5) is 12.9. The lowest BCUT2D eigenvalue weighted by atomic mass is 10.1. The molecule has 0 aromatic carbocycles. The second-order valence-corrected chi connectivity index (χ2v) is 5.15. The fraction of sp³-hybridized carbons (Fsp3) is 0.917. The van der Waals surface area contributed by atoms with E-state index in [1.807, 2.05) is 6.92 Å². The van der Waals surface area contributed by atoms with E-state index in [1.165, 1.54) is 4.90 Å². The number of rotatable bonds is 6. The highest BCUT2D eigenvalue weighted by molar-refractivity contribution is 5.81. The second-order valence-electron chi connectivity index (χ2n) is 5.15. The van der Waals surface area contributed by atoms with E-state index >= 15 is 0 Å². The van der Waals surface area contributed by atoms with Crippen LogP contribution in [0.1, 0.15) is 26.2 Å². The molecular formula is C12H22F3N3O. The van der Waals surface area contributed by atoms with Gasteiger partial charge in [0.05, 0.1) is 12.6 Å². The first-order valence-corrected chi connectivity index (χ1v) is 6.64. The van der Waals surface area contributed by atoms with E-state index in [0.29, 0.717) is 32.5 Å². The lowest BCUT2D eigenvalue weighted by Crippen LogP contribution is -2.42. The van der Waals surface area contributed by atoms with Crippen LogP contribution in [0.2, 0.25) is 0 Å². The predicted molar refractivity (Wildman–Crippen MR) is 66.5 cm³/mol. The van der Waals surface area contributed by atoms with Crippen molar-refractivity contribution in [1.29, 1.82) is 0 Å². The average molecular weight is 281 g/mol. The van der Waals surface area contributed by atoms with Gasteiger partial charge < -0.3 is 11.1 Å². The average Bonchev–Trinajstić information content (AvgIpc) is 2.71. The monoisotopic (exact) mass is 281 g/mol. The zero-order valence-electron chi connectivity index (χ0n) is 11.2. The first-order valence-electron chi connectivity index (χ1n) is 6.64. The molecule has 0 aromatic heterocycles. The van der Waals surface area contributed by atoms with Crippen molar-refractivity contribution >= 4 is 5.91 Å². The Hall–Kier alpha value is -0.820. The lowest BCUT2D eigenvalue weighted by Gasteiger charge is -2.18. The number of amides is 1. The van der Waals surface area contributed by atoms with Crippen molar-refractivity contribution in [2.75, 3.05) is 26.2 Å². The molecule has 1 fully saturated rings. The molecule has 1 heterocycles. The van der Waals surface area contributed by atoms with Gasteiger partial charge >= 0.3 is 6.18 Å². The summed E-state index contributed by atoms with van der Waals surface area (Å²) >= 11 is 0. The van der Waals surface area contributed by atoms with E-state index in [0.717, 1.165) is 6.42 Å². The molecule has 0 bridgehead atoms. The highest BCUT2D eigenvalue weighted by atomic mass is 19.4. The van der Waals surface area contributed by atoms with Gasteiger partial charge in [0.1, 0.15) is 0 Å². The first kappa shape index (κ1) is 16.2. The van der Waals surface area contributed by atoms with Gasteiger partial charge in [0.2, 0.25) is 5.91 Å². The molecule has 1 amide bonds. The van der Waals surface area contributed by atoms with Crippen LogP contribution in [0.25, 0.3) is 0 Å². The molecule has 0 spiro atoms. The smallest absolute Gasteiger partial charge is 0.354 e. The third-order valence-electron chi connectivity index (χ3n) is 3.27. The topological polar surface area (TPSA) is 58.4 Å². The number of nitrogens with one attached hydrogen (secondary N) is 1. The highest BCUT2D eigenvalue weighted by Crippen LogP contribution is 2.22. The maximum absolute atomic E-state index is 12.2. The molecule has 1 aliphatic heterocycles. The number of carbonyl (C=O) groups is 1. The first-order chi connectivity index (χ1) is 8.81. The Morgan fingerprint density at radius 1 is 1.53 bits per heavy atom. The molecule has 112 valence electrons. The number of nitrogens with zero attached hydrogens (tertiary/aromatic N) is 1. The van der Waals surface area contributed by atoms with Crippen LogP contribution in [0.15, 0.2) is 0 Å². The van der Waals surface area contributed by atoms with Gasteiger partial charge in [0, 0.05) is 13.1 Å². The van der Waals surface area contributed by atoms with Crippen LogP contribution in [0.3, 0.4) is 0 Å². The quantitative estimate of drug-likeness (QED) is 0.767. The van der Waals surface area contributed by atoms with E-state index in [2.05, 4.69) is 5.32 Å². The normalized spacial score (nSPS) is 22.5. The molecule has 4 nitrogen and oxygen atoms in total. The van der Waals surface area contributed by atoms with Gasteiger partial charge in [0.25, 0.3) is 0 Å². The Labute approximate surface area is 111 Å². The number of nitrogens with two attached hydrogens (primary N) is 1. The van der Waals surface area contributed by atoms with Crippen LogP contribution >= 0.6 is 0 Å². The summed E-state index contributed by atoms with van der Waals surface area (Å²) in [6, 6.07) is -0.516. The maximum Gasteiger partial charge on any atom is 0.401 e. The molecule has 1 rings (SSSR count). The molecule has 1 unspecified atom stereocenters. The third-order valence-corrected chi connectivity index (χ3v) is 3.27. The van der Waals surface area contributed by atoms with Crippen molar-refractivity contribution in [3.8, 4) is 0 Å². The van der Waals surface area contributed by atoms with E-state index in [-0.39, 0.29) is 11.8 Å². The fourth-order valence-electron chi connectivity index (χ4n) is 2.29. The summed E-state index contributed by atoms with van der Waals surface area (Å²) in [5.74, 6) is -0.128. The molecule has 1 aliphatic rings. The molecule has 0 aromatic rings. The predicted octanol–water partition coefficient (Wildman–Crippen LogP) is 1.11. The Balaban J connectivity index is 2.24. The zero-order valence-corrected chi connectivity index (χ0v) is 11.2. The van der Waals surface area contributed by atoms with Crippen LogP contribution < -0.4 is 11.1 Å². The molecule has 0 aliphatic carbocycles. The number of alkyl halides is 3. The summed E-state index contributed by atoms with van der Waals surface area (Å²) < 4.78 is 36.6. The minimum Gasteiger partial charge on any atom is -0.354 e. The summed E-state index contributed by atoms with van der Waals surface area (Å²) in [6.45, 7) is 2.29. The van der Waals surface area contributed by atoms with Crippen molar-refractivity contribution in [3.63, 3.8) is 0 Å². The van der Waals surface area contributed by atoms with Gasteiger partial charge in [-0.1, -0.05) is 13.3 Å². The van der Waals surface area contributed by atoms with Crippen LogP contribution in [-0.4, -0.2) is 49.2 Å². The van der Waals surface area contributed by atoms with Crippen LogP contribution in [-0.2, 0) is 4.79 Å². The van der Waals surface area contributed by atoms with Gasteiger partial charge in [-0.2, -0.15) is 13.2 Å². The largest absolute Gasteiger partial charge is 0.401 e. The van der Waals surface area contributed by atoms with Crippen molar-refractivity contribution in [3.05, 3.63) is 0 Å². The highest BCUT2D eigenvalue weighted by Gasteiger charge is 2.34. The molecule has 2 atom stereocenters. The minimum atomic E-state index is -4.15. The third kappa shape index (κ3) is 6.24. The van der Waals surface area contributed by atoms with Gasteiger partial charge in [0.15, 0.2) is 0 Å². The van der Waals surface area contributed by atoms with Gasteiger partial charge in [-0.15, -0.1) is 0 Å². The Kier molecular flexibility index (Phi) is 6.06. The SMILES string of the molecule is CCC[C@H](N)C(=O)NCC1CCN(CC(F)(F)F)C1. The molecule has 0 saturated carbocycles. The Bertz CT molecular complexity index is 296. The summed E-state index contributed by atoms with van der Waals surface area (Å²) in [6.07, 6.45) is -2.02. The van der Waals surface area contributed by atoms with Gasteiger partial charge in [-0.25, -0.2) is 0 Å². The Morgan fingerprint density at radius 2 is 2.21 bits per heavy atom. The number of hydrogen-bond acceptors (Lipinski definition) is 3. The number of halogens is 3. The minimum absolute atomic E-state index is 0.0835. The Morgan fingerprint density at radius 3 is 2.79 bits per heavy atom. The standard InChI is InChI=1S/C12H22F3N3O/c1-2-3-10(16)11(19)17-6-9-4-5-18(7-9)8-12(13,14)15/h9-10H,2-8,16H2,1H3,(H,17,19)/t9?,10-/m0/s1. The molecule has 0 radical (unpaired) electrons. The van der Waals surface area contributed by atoms with E-state index < -0.39 is 18.8 Å². The summed E-state index contributed by atoms with van der Waals surface area (Å²) in [5, 5.41) is 2.72. The van der Waals surface area contributed by atoms with E-state index in [9.17, 15) is 18.0 Å². The molecule has 7 heteroatoms. The second kappa shape index (κ2) is 7.09. The lowest BCUT2D eigenvalue weighted by molar-refractivity contribution is -0.143. The number of carbonyl (C=O) groups excluding carboxylic acids is 1. The molecule has 19 heavy (non-hydrogen) atoms. The van der Waals surface area contributed by atoms with E-state index in [1.54, 1.807) is 0 Å². The van der Waals surface area contributed by atoms with Gasteiger partial charge in [-0.3, -0.25) is 9.69 Å². The zero-order chi connectivity index (χ0) is 14.5. The van der Waals surface area contributed by atoms with Crippen molar-refractivity contribution < 1.29 is 18.0 Å². The van der Waals surface area contributed by atoms with Gasteiger partial charge in [-0.05, 0) is 25.3 Å². The fourth-order valence-corrected chi connectivity index (χ4v) is 2.29. The van der Waals surface area contributed by atoms with Crippen molar-refractivity contribution in [2.24, 2.45) is 11.7 Å². The molecule has 3 N–H and O–H groups in total. The van der Waals surface area contributed by atoms with Crippen LogP contribution in [0.5, 0.6) is 0 Å². The molecular weight excluding hydrogens is 259 g/mol. The van der Waals surface area contributed by atoms with Crippen LogP contribution in [0, 0.1) is 5.92 Å².